The molecule has 0 bridgehead atoms. The Morgan fingerprint density at radius 3 is 2.80 bits per heavy atom. The number of amides is 1. The van der Waals surface area contributed by atoms with E-state index in [9.17, 15) is 4.79 Å². The van der Waals surface area contributed by atoms with Crippen molar-refractivity contribution in [1.82, 2.24) is 5.32 Å². The molecule has 0 aliphatic heterocycles. The summed E-state index contributed by atoms with van der Waals surface area (Å²) in [6.07, 6.45) is 8.37. The molecule has 0 saturated heterocycles. The lowest BCUT2D eigenvalue weighted by Crippen LogP contribution is -2.24. The molecule has 1 amide bonds. The van der Waals surface area contributed by atoms with E-state index in [1.165, 1.54) is 32.1 Å². The van der Waals surface area contributed by atoms with Crippen molar-refractivity contribution in [3.8, 4) is 0 Å². The minimum atomic E-state index is 0.164. The Morgan fingerprint density at radius 2 is 2.05 bits per heavy atom. The van der Waals surface area contributed by atoms with Crippen molar-refractivity contribution in [2.75, 3.05) is 5.73 Å². The number of nitrogens with two attached hydrogens (primary N) is 1. The summed E-state index contributed by atoms with van der Waals surface area (Å²) in [4.78, 5) is 11.9. The van der Waals surface area contributed by atoms with Crippen molar-refractivity contribution < 1.29 is 4.79 Å². The predicted molar refractivity (Wildman–Crippen MR) is 83.2 cm³/mol. The fourth-order valence-corrected chi connectivity index (χ4v) is 2.99. The Bertz CT molecular complexity index is 450. The number of hydrogen-bond acceptors (Lipinski definition) is 2. The maximum Gasteiger partial charge on any atom is 0.220 e. The average molecular weight is 274 g/mol. The minimum Gasteiger partial charge on any atom is -0.399 e. The number of carbonyl (C=O) groups excluding carboxylic acids is 1. The highest BCUT2D eigenvalue weighted by Crippen LogP contribution is 2.27. The number of rotatable bonds is 5. The van der Waals surface area contributed by atoms with Crippen molar-refractivity contribution in [2.24, 2.45) is 5.92 Å². The first kappa shape index (κ1) is 14.9. The number of hydrogen-bond donors (Lipinski definition) is 2. The Balaban J connectivity index is 1.73. The summed E-state index contributed by atoms with van der Waals surface area (Å²) in [6.45, 7) is 2.58. The topological polar surface area (TPSA) is 55.1 Å². The summed E-state index contributed by atoms with van der Waals surface area (Å²) in [5.41, 5.74) is 8.84. The van der Waals surface area contributed by atoms with Gasteiger partial charge in [0, 0.05) is 18.7 Å². The fraction of sp³-hybridized carbons (Fsp3) is 0.588. The second-order valence-corrected chi connectivity index (χ2v) is 5.95. The highest BCUT2D eigenvalue weighted by molar-refractivity contribution is 5.76. The van der Waals surface area contributed by atoms with Crippen molar-refractivity contribution in [3.63, 3.8) is 0 Å². The molecule has 110 valence electrons. The first-order valence-corrected chi connectivity index (χ1v) is 7.77. The van der Waals surface area contributed by atoms with E-state index in [0.29, 0.717) is 13.0 Å². The van der Waals surface area contributed by atoms with Crippen LogP contribution in [-0.2, 0) is 11.3 Å². The van der Waals surface area contributed by atoms with E-state index >= 15 is 0 Å². The summed E-state index contributed by atoms with van der Waals surface area (Å²) in [6, 6.07) is 5.85. The lowest BCUT2D eigenvalue weighted by Gasteiger charge is -2.21. The van der Waals surface area contributed by atoms with Gasteiger partial charge in [-0.05, 0) is 36.5 Å². The molecule has 0 atom stereocenters. The summed E-state index contributed by atoms with van der Waals surface area (Å²) in [7, 11) is 0. The van der Waals surface area contributed by atoms with Gasteiger partial charge in [0.2, 0.25) is 5.91 Å². The molecule has 3 N–H and O–H groups in total. The van der Waals surface area contributed by atoms with Gasteiger partial charge in [-0.15, -0.1) is 0 Å². The van der Waals surface area contributed by atoms with Crippen LogP contribution in [0.15, 0.2) is 18.2 Å². The quantitative estimate of drug-likeness (QED) is 0.807. The summed E-state index contributed by atoms with van der Waals surface area (Å²) >= 11 is 0. The number of nitrogen functional groups attached to an aromatic ring is 1. The van der Waals surface area contributed by atoms with Crippen molar-refractivity contribution in [3.05, 3.63) is 29.3 Å². The second-order valence-electron chi connectivity index (χ2n) is 5.95. The fourth-order valence-electron chi connectivity index (χ4n) is 2.99. The molecule has 3 nitrogen and oxygen atoms in total. The van der Waals surface area contributed by atoms with Crippen LogP contribution in [0.25, 0.3) is 0 Å². The highest BCUT2D eigenvalue weighted by Gasteiger charge is 2.14. The van der Waals surface area contributed by atoms with Crippen molar-refractivity contribution in [1.29, 1.82) is 0 Å². The van der Waals surface area contributed by atoms with E-state index in [1.54, 1.807) is 0 Å². The van der Waals surface area contributed by atoms with Crippen LogP contribution in [0.2, 0.25) is 0 Å². The Labute approximate surface area is 121 Å². The third-order valence-corrected chi connectivity index (χ3v) is 4.47. The van der Waals surface area contributed by atoms with Crippen LogP contribution in [0.4, 0.5) is 5.69 Å². The van der Waals surface area contributed by atoms with Gasteiger partial charge >= 0.3 is 0 Å². The van der Waals surface area contributed by atoms with Gasteiger partial charge in [0.1, 0.15) is 0 Å². The number of anilines is 1. The summed E-state index contributed by atoms with van der Waals surface area (Å²) < 4.78 is 0. The largest absolute Gasteiger partial charge is 0.399 e. The first-order chi connectivity index (χ1) is 9.66. The Morgan fingerprint density at radius 1 is 1.30 bits per heavy atom. The third kappa shape index (κ3) is 4.26. The second kappa shape index (κ2) is 7.32. The van der Waals surface area contributed by atoms with Crippen LogP contribution in [0, 0.1) is 12.8 Å². The van der Waals surface area contributed by atoms with E-state index in [0.717, 1.165) is 29.2 Å². The molecule has 1 aliphatic carbocycles. The van der Waals surface area contributed by atoms with Gasteiger partial charge in [-0.2, -0.15) is 0 Å². The molecule has 1 aromatic rings. The third-order valence-electron chi connectivity index (χ3n) is 4.47. The van der Waals surface area contributed by atoms with Gasteiger partial charge in [-0.25, -0.2) is 0 Å². The van der Waals surface area contributed by atoms with Gasteiger partial charge in [0.15, 0.2) is 0 Å². The molecule has 0 aromatic heterocycles. The lowest BCUT2D eigenvalue weighted by molar-refractivity contribution is -0.121. The van der Waals surface area contributed by atoms with Crippen LogP contribution in [0.1, 0.15) is 56.1 Å². The normalized spacial score (nSPS) is 16.1. The van der Waals surface area contributed by atoms with Crippen LogP contribution < -0.4 is 11.1 Å². The molecule has 1 aliphatic rings. The maximum absolute atomic E-state index is 11.9. The minimum absolute atomic E-state index is 0.164. The molecule has 0 heterocycles. The van der Waals surface area contributed by atoms with Gasteiger partial charge in [0.25, 0.3) is 0 Å². The average Bonchev–Trinajstić information content (AvgIpc) is 2.48. The predicted octanol–water partition coefficient (Wildman–Crippen LogP) is 3.55. The van der Waals surface area contributed by atoms with Gasteiger partial charge in [-0.1, -0.05) is 44.2 Å². The van der Waals surface area contributed by atoms with Gasteiger partial charge in [0.05, 0.1) is 0 Å². The van der Waals surface area contributed by atoms with Crippen molar-refractivity contribution >= 4 is 11.6 Å². The summed E-state index contributed by atoms with van der Waals surface area (Å²) in [5, 5.41) is 3.01. The summed E-state index contributed by atoms with van der Waals surface area (Å²) in [5.74, 6) is 0.931. The Hall–Kier alpha value is -1.51. The maximum atomic E-state index is 11.9. The van der Waals surface area contributed by atoms with E-state index in [4.69, 9.17) is 5.73 Å². The zero-order chi connectivity index (χ0) is 14.4. The van der Waals surface area contributed by atoms with Gasteiger partial charge < -0.3 is 11.1 Å². The van der Waals surface area contributed by atoms with E-state index in [2.05, 4.69) is 5.32 Å². The zero-order valence-electron chi connectivity index (χ0n) is 12.5. The van der Waals surface area contributed by atoms with Crippen LogP contribution in [0.3, 0.4) is 0 Å². The monoisotopic (exact) mass is 274 g/mol. The number of carbonyl (C=O) groups is 1. The first-order valence-electron chi connectivity index (χ1n) is 7.77. The molecular weight excluding hydrogens is 248 g/mol. The number of benzene rings is 1. The lowest BCUT2D eigenvalue weighted by atomic mass is 9.86. The van der Waals surface area contributed by atoms with Crippen LogP contribution >= 0.6 is 0 Å². The van der Waals surface area contributed by atoms with Crippen LogP contribution in [0.5, 0.6) is 0 Å². The molecule has 1 fully saturated rings. The zero-order valence-corrected chi connectivity index (χ0v) is 12.5. The highest BCUT2D eigenvalue weighted by atomic mass is 16.1. The molecule has 20 heavy (non-hydrogen) atoms. The van der Waals surface area contributed by atoms with E-state index in [-0.39, 0.29) is 5.91 Å². The Kier molecular flexibility index (Phi) is 5.45. The SMILES string of the molecule is Cc1c(N)cccc1CNC(=O)CCC1CCCCC1. The molecule has 0 spiro atoms. The van der Waals surface area contributed by atoms with Gasteiger partial charge in [-0.3, -0.25) is 4.79 Å². The van der Waals surface area contributed by atoms with E-state index < -0.39 is 0 Å². The molecule has 0 radical (unpaired) electrons. The number of nitrogens with one attached hydrogen (secondary N) is 1. The molecule has 1 saturated carbocycles. The molecule has 2 rings (SSSR count). The van der Waals surface area contributed by atoms with E-state index in [1.807, 2.05) is 25.1 Å². The smallest absolute Gasteiger partial charge is 0.220 e. The van der Waals surface area contributed by atoms with Crippen LogP contribution in [-0.4, -0.2) is 5.91 Å². The molecular formula is C17H26N2O. The molecule has 3 heteroatoms. The van der Waals surface area contributed by atoms with Crippen molar-refractivity contribution in [2.45, 2.75) is 58.4 Å². The molecule has 1 aromatic carbocycles. The molecule has 0 unspecified atom stereocenters. The standard InChI is InChI=1S/C17H26N2O/c1-13-15(8-5-9-16(13)18)12-19-17(20)11-10-14-6-3-2-4-7-14/h5,8-9,14H,2-4,6-7,10-12,18H2,1H3,(H,19,20).